The van der Waals surface area contributed by atoms with E-state index in [0.29, 0.717) is 0 Å². The molecular weight excluding hydrogens is 330 g/mol. The van der Waals surface area contributed by atoms with E-state index in [-0.39, 0.29) is 5.82 Å². The van der Waals surface area contributed by atoms with Gasteiger partial charge in [-0.25, -0.2) is 4.39 Å². The Morgan fingerprint density at radius 2 is 1.94 bits per heavy atom. The fraction of sp³-hybridized carbons (Fsp3) is 0.143. The van der Waals surface area contributed by atoms with Crippen LogP contribution in [0.5, 0.6) is 0 Å². The average molecular weight is 342 g/mol. The molecule has 0 aliphatic rings. The number of aliphatic hydroxyl groups is 1. The van der Waals surface area contributed by atoms with Gasteiger partial charge in [0, 0.05) is 3.57 Å². The maximum absolute atomic E-state index is 13.0. The third kappa shape index (κ3) is 2.84. The topological polar surface area (TPSA) is 20.2 Å². The largest absolute Gasteiger partial charge is 0.384 e. The molecule has 0 fully saturated rings. The van der Waals surface area contributed by atoms with E-state index in [0.717, 1.165) is 20.3 Å². The van der Waals surface area contributed by atoms with Crippen LogP contribution in [0.15, 0.2) is 42.5 Å². The molecule has 0 aliphatic heterocycles. The molecule has 0 saturated carbocycles. The Morgan fingerprint density at radius 3 is 2.59 bits per heavy atom. The summed E-state index contributed by atoms with van der Waals surface area (Å²) in [5.74, 6) is -0.283. The quantitative estimate of drug-likeness (QED) is 0.823. The summed E-state index contributed by atoms with van der Waals surface area (Å²) < 4.78 is 13.7. The van der Waals surface area contributed by atoms with Gasteiger partial charge in [0.15, 0.2) is 0 Å². The van der Waals surface area contributed by atoms with E-state index in [9.17, 15) is 9.50 Å². The van der Waals surface area contributed by atoms with Gasteiger partial charge in [0.25, 0.3) is 0 Å². The van der Waals surface area contributed by atoms with Crippen LogP contribution in [0.2, 0.25) is 0 Å². The molecule has 2 aromatic carbocycles. The number of halogens is 2. The van der Waals surface area contributed by atoms with Crippen LogP contribution >= 0.6 is 22.6 Å². The Bertz CT molecular complexity index is 539. The second-order valence-electron chi connectivity index (χ2n) is 3.98. The molecule has 0 radical (unpaired) electrons. The lowest BCUT2D eigenvalue weighted by Gasteiger charge is -2.14. The van der Waals surface area contributed by atoms with Crippen LogP contribution in [0.25, 0.3) is 0 Å². The molecule has 2 aromatic rings. The highest BCUT2D eigenvalue weighted by Gasteiger charge is 2.13. The number of benzene rings is 2. The van der Waals surface area contributed by atoms with Crippen molar-refractivity contribution < 1.29 is 9.50 Å². The normalized spacial score (nSPS) is 12.5. The minimum Gasteiger partial charge on any atom is -0.384 e. The second-order valence-corrected chi connectivity index (χ2v) is 5.14. The molecule has 1 atom stereocenters. The van der Waals surface area contributed by atoms with E-state index in [1.54, 1.807) is 6.07 Å². The lowest BCUT2D eigenvalue weighted by atomic mass is 10.0. The summed E-state index contributed by atoms with van der Waals surface area (Å²) in [6.45, 7) is 1.98. The summed E-state index contributed by atoms with van der Waals surface area (Å²) in [7, 11) is 0. The highest BCUT2D eigenvalue weighted by Crippen LogP contribution is 2.27. The van der Waals surface area contributed by atoms with Crippen molar-refractivity contribution in [1.82, 2.24) is 0 Å². The van der Waals surface area contributed by atoms with Crippen molar-refractivity contribution >= 4 is 22.6 Å². The lowest BCUT2D eigenvalue weighted by molar-refractivity contribution is 0.219. The second kappa shape index (κ2) is 5.14. The zero-order valence-electron chi connectivity index (χ0n) is 9.32. The number of hydrogen-bond donors (Lipinski definition) is 1. The lowest BCUT2D eigenvalue weighted by Crippen LogP contribution is -2.02. The molecule has 1 unspecified atom stereocenters. The number of aliphatic hydroxyl groups excluding tert-OH is 1. The van der Waals surface area contributed by atoms with Gasteiger partial charge < -0.3 is 5.11 Å². The van der Waals surface area contributed by atoms with Gasteiger partial charge in [0.1, 0.15) is 11.9 Å². The highest BCUT2D eigenvalue weighted by atomic mass is 127. The number of aryl methyl sites for hydroxylation is 1. The van der Waals surface area contributed by atoms with E-state index in [1.165, 1.54) is 12.1 Å². The summed E-state index contributed by atoms with van der Waals surface area (Å²) in [4.78, 5) is 0. The van der Waals surface area contributed by atoms with Gasteiger partial charge in [-0.2, -0.15) is 0 Å². The summed E-state index contributed by atoms with van der Waals surface area (Å²) in [6, 6.07) is 12.1. The van der Waals surface area contributed by atoms with Crippen molar-refractivity contribution in [2.75, 3.05) is 0 Å². The zero-order chi connectivity index (χ0) is 12.4. The number of rotatable bonds is 2. The van der Waals surface area contributed by atoms with Crippen LogP contribution < -0.4 is 0 Å². The van der Waals surface area contributed by atoms with Gasteiger partial charge in [-0.15, -0.1) is 0 Å². The first-order valence-electron chi connectivity index (χ1n) is 5.27. The van der Waals surface area contributed by atoms with Crippen LogP contribution in [0.4, 0.5) is 4.39 Å². The van der Waals surface area contributed by atoms with Gasteiger partial charge in [0.05, 0.1) is 0 Å². The molecule has 2 rings (SSSR count). The first kappa shape index (κ1) is 12.5. The molecule has 1 N–H and O–H groups in total. The fourth-order valence-corrected chi connectivity index (χ4v) is 2.52. The SMILES string of the molecule is Cc1cccc(C(O)c2ccc(F)cc2I)c1. The van der Waals surface area contributed by atoms with Crippen LogP contribution in [0, 0.1) is 16.3 Å². The molecule has 88 valence electrons. The first-order chi connectivity index (χ1) is 8.08. The third-order valence-electron chi connectivity index (χ3n) is 2.61. The molecule has 0 spiro atoms. The molecule has 17 heavy (non-hydrogen) atoms. The summed E-state index contributed by atoms with van der Waals surface area (Å²) in [5, 5.41) is 10.3. The van der Waals surface area contributed by atoms with Gasteiger partial charge in [-0.05, 0) is 52.8 Å². The van der Waals surface area contributed by atoms with Crippen LogP contribution in [0.3, 0.4) is 0 Å². The highest BCUT2D eigenvalue weighted by molar-refractivity contribution is 14.1. The Morgan fingerprint density at radius 1 is 1.18 bits per heavy atom. The van der Waals surface area contributed by atoms with E-state index in [4.69, 9.17) is 0 Å². The van der Waals surface area contributed by atoms with Gasteiger partial charge in [-0.1, -0.05) is 35.9 Å². The minimum absolute atomic E-state index is 0.283. The zero-order valence-corrected chi connectivity index (χ0v) is 11.5. The third-order valence-corrected chi connectivity index (χ3v) is 3.55. The molecule has 0 saturated heterocycles. The standard InChI is InChI=1S/C14H12FIO/c1-9-3-2-4-10(7-9)14(17)12-6-5-11(15)8-13(12)16/h2-8,14,17H,1H3. The average Bonchev–Trinajstić information content (AvgIpc) is 2.28. The van der Waals surface area contributed by atoms with Crippen molar-refractivity contribution in [3.8, 4) is 0 Å². The van der Waals surface area contributed by atoms with E-state index in [1.807, 2.05) is 53.8 Å². The van der Waals surface area contributed by atoms with E-state index < -0.39 is 6.10 Å². The maximum atomic E-state index is 13.0. The summed E-state index contributed by atoms with van der Waals surface area (Å²) >= 11 is 2.04. The van der Waals surface area contributed by atoms with E-state index >= 15 is 0 Å². The van der Waals surface area contributed by atoms with Crippen molar-refractivity contribution in [2.24, 2.45) is 0 Å². The Hall–Kier alpha value is -0.940. The molecule has 0 heterocycles. The fourth-order valence-electron chi connectivity index (χ4n) is 1.74. The van der Waals surface area contributed by atoms with E-state index in [2.05, 4.69) is 0 Å². The smallest absolute Gasteiger partial charge is 0.124 e. The molecule has 0 aliphatic carbocycles. The van der Waals surface area contributed by atoms with Gasteiger partial charge in [0.2, 0.25) is 0 Å². The Balaban J connectivity index is 2.40. The van der Waals surface area contributed by atoms with Crippen molar-refractivity contribution in [3.05, 3.63) is 68.5 Å². The van der Waals surface area contributed by atoms with Crippen molar-refractivity contribution in [3.63, 3.8) is 0 Å². The van der Waals surface area contributed by atoms with Crippen molar-refractivity contribution in [2.45, 2.75) is 13.0 Å². The molecule has 0 aromatic heterocycles. The first-order valence-corrected chi connectivity index (χ1v) is 6.35. The Labute approximate surface area is 113 Å². The molecule has 0 amide bonds. The van der Waals surface area contributed by atoms with Gasteiger partial charge >= 0.3 is 0 Å². The molecule has 1 nitrogen and oxygen atoms in total. The maximum Gasteiger partial charge on any atom is 0.124 e. The van der Waals surface area contributed by atoms with Crippen molar-refractivity contribution in [1.29, 1.82) is 0 Å². The van der Waals surface area contributed by atoms with Crippen LogP contribution in [-0.4, -0.2) is 5.11 Å². The predicted octanol–water partition coefficient (Wildman–Crippen LogP) is 3.82. The van der Waals surface area contributed by atoms with Gasteiger partial charge in [-0.3, -0.25) is 0 Å². The molecular formula is C14H12FIO. The predicted molar refractivity (Wildman–Crippen MR) is 74.4 cm³/mol. The summed E-state index contributed by atoms with van der Waals surface area (Å²) in [6.07, 6.45) is -0.706. The molecule has 0 bridgehead atoms. The minimum atomic E-state index is -0.706. The van der Waals surface area contributed by atoms with Crippen LogP contribution in [0.1, 0.15) is 22.8 Å². The molecule has 3 heteroatoms. The van der Waals surface area contributed by atoms with Crippen LogP contribution in [-0.2, 0) is 0 Å². The number of hydrogen-bond acceptors (Lipinski definition) is 1. The monoisotopic (exact) mass is 342 g/mol. The summed E-state index contributed by atoms with van der Waals surface area (Å²) in [5.41, 5.74) is 2.66. The Kier molecular flexibility index (Phi) is 3.79.